The molecule has 0 fully saturated rings. The van der Waals surface area contributed by atoms with Gasteiger partial charge in [0.2, 0.25) is 0 Å². The molecule has 0 saturated heterocycles. The van der Waals surface area contributed by atoms with Gasteiger partial charge in [0.05, 0.1) is 0 Å². The molecular formula is C18H15FN4OS. The normalized spacial score (nSPS) is 10.3. The fourth-order valence-corrected chi connectivity index (χ4v) is 2.59. The van der Waals surface area contributed by atoms with Crippen molar-refractivity contribution in [2.45, 2.75) is 4.90 Å². The summed E-state index contributed by atoms with van der Waals surface area (Å²) in [5, 5.41) is 5.82. The molecule has 0 bridgehead atoms. The zero-order chi connectivity index (χ0) is 17.6. The van der Waals surface area contributed by atoms with Gasteiger partial charge in [-0.3, -0.25) is 4.79 Å². The highest BCUT2D eigenvalue weighted by Crippen LogP contribution is 2.21. The molecule has 0 atom stereocenters. The fraction of sp³-hybridized carbons (Fsp3) is 0.0556. The summed E-state index contributed by atoms with van der Waals surface area (Å²) in [5.41, 5.74) is 1.57. The van der Waals surface area contributed by atoms with E-state index in [1.807, 2.05) is 30.5 Å². The number of anilines is 3. The van der Waals surface area contributed by atoms with Crippen molar-refractivity contribution in [1.29, 1.82) is 0 Å². The third kappa shape index (κ3) is 4.54. The van der Waals surface area contributed by atoms with Gasteiger partial charge in [-0.2, -0.15) is 0 Å². The summed E-state index contributed by atoms with van der Waals surface area (Å²) >= 11 is 1.64. The summed E-state index contributed by atoms with van der Waals surface area (Å²) in [6, 6.07) is 15.0. The molecule has 5 nitrogen and oxygen atoms in total. The number of aromatic nitrogens is 2. The van der Waals surface area contributed by atoms with Crippen molar-refractivity contribution in [3.8, 4) is 0 Å². The molecule has 0 aliphatic carbocycles. The first-order chi connectivity index (χ1) is 12.1. The molecule has 0 saturated carbocycles. The molecule has 126 valence electrons. The third-order valence-electron chi connectivity index (χ3n) is 3.34. The topological polar surface area (TPSA) is 66.9 Å². The number of rotatable bonds is 5. The first kappa shape index (κ1) is 16.9. The highest BCUT2D eigenvalue weighted by atomic mass is 32.2. The van der Waals surface area contributed by atoms with Crippen LogP contribution in [0, 0.1) is 5.82 Å². The Morgan fingerprint density at radius 1 is 1.04 bits per heavy atom. The predicted octanol–water partition coefficient (Wildman–Crippen LogP) is 4.33. The molecular weight excluding hydrogens is 339 g/mol. The number of nitrogens with zero attached hydrogens (tertiary/aromatic N) is 2. The van der Waals surface area contributed by atoms with E-state index in [9.17, 15) is 9.18 Å². The van der Waals surface area contributed by atoms with Crippen LogP contribution in [0.1, 0.15) is 10.5 Å². The van der Waals surface area contributed by atoms with Gasteiger partial charge in [0.15, 0.2) is 0 Å². The van der Waals surface area contributed by atoms with Gasteiger partial charge >= 0.3 is 0 Å². The smallest absolute Gasteiger partial charge is 0.274 e. The lowest BCUT2D eigenvalue weighted by molar-refractivity contribution is 0.102. The molecule has 0 spiro atoms. The van der Waals surface area contributed by atoms with Crippen LogP contribution in [0.4, 0.5) is 21.6 Å². The number of halogens is 1. The monoisotopic (exact) mass is 354 g/mol. The summed E-state index contributed by atoms with van der Waals surface area (Å²) in [4.78, 5) is 21.5. The Hall–Kier alpha value is -2.93. The Kier molecular flexibility index (Phi) is 5.25. The maximum Gasteiger partial charge on any atom is 0.274 e. The minimum absolute atomic E-state index is 0.211. The molecule has 2 N–H and O–H groups in total. The highest BCUT2D eigenvalue weighted by molar-refractivity contribution is 7.98. The lowest BCUT2D eigenvalue weighted by atomic mass is 10.3. The molecule has 0 unspecified atom stereocenters. The lowest BCUT2D eigenvalue weighted by Gasteiger charge is -2.08. The van der Waals surface area contributed by atoms with E-state index in [-0.39, 0.29) is 11.5 Å². The Morgan fingerprint density at radius 2 is 1.84 bits per heavy atom. The fourth-order valence-electron chi connectivity index (χ4n) is 2.13. The van der Waals surface area contributed by atoms with Gasteiger partial charge in [0.25, 0.3) is 5.91 Å². The molecule has 0 radical (unpaired) electrons. The Labute approximate surface area is 148 Å². The maximum atomic E-state index is 12.9. The first-order valence-electron chi connectivity index (χ1n) is 7.44. The van der Waals surface area contributed by atoms with Crippen LogP contribution in [-0.2, 0) is 0 Å². The van der Waals surface area contributed by atoms with Crippen molar-refractivity contribution in [1.82, 2.24) is 9.97 Å². The molecule has 7 heteroatoms. The molecule has 1 heterocycles. The van der Waals surface area contributed by atoms with E-state index in [1.54, 1.807) is 17.8 Å². The van der Waals surface area contributed by atoms with Gasteiger partial charge in [-0.1, -0.05) is 6.07 Å². The van der Waals surface area contributed by atoms with Crippen LogP contribution in [0.25, 0.3) is 0 Å². The number of hydrogen-bond acceptors (Lipinski definition) is 5. The molecule has 1 aromatic heterocycles. The lowest BCUT2D eigenvalue weighted by Crippen LogP contribution is -2.14. The highest BCUT2D eigenvalue weighted by Gasteiger charge is 2.09. The molecule has 0 aliphatic heterocycles. The number of hydrogen-bond donors (Lipinski definition) is 2. The van der Waals surface area contributed by atoms with Crippen molar-refractivity contribution in [3.05, 3.63) is 72.4 Å². The zero-order valence-electron chi connectivity index (χ0n) is 13.4. The standard InChI is InChI=1S/C18H15FN4OS/c1-25-15-4-2-3-14(9-15)22-17-10-16(20-11-21-17)18(24)23-13-7-5-12(19)6-8-13/h2-11H,1H3,(H,23,24)(H,20,21,22). The second-order valence-electron chi connectivity index (χ2n) is 5.11. The largest absolute Gasteiger partial charge is 0.340 e. The SMILES string of the molecule is CSc1cccc(Nc2cc(C(=O)Nc3ccc(F)cc3)ncn2)c1. The number of carbonyl (C=O) groups excluding carboxylic acids is 1. The van der Waals surface area contributed by atoms with E-state index in [4.69, 9.17) is 0 Å². The summed E-state index contributed by atoms with van der Waals surface area (Å²) in [7, 11) is 0. The van der Waals surface area contributed by atoms with Gasteiger partial charge < -0.3 is 10.6 Å². The van der Waals surface area contributed by atoms with Crippen LogP contribution >= 0.6 is 11.8 Å². The van der Waals surface area contributed by atoms with Gasteiger partial charge in [0.1, 0.15) is 23.7 Å². The van der Waals surface area contributed by atoms with Crippen molar-refractivity contribution in [3.63, 3.8) is 0 Å². The van der Waals surface area contributed by atoms with Crippen molar-refractivity contribution >= 4 is 34.9 Å². The van der Waals surface area contributed by atoms with E-state index < -0.39 is 5.91 Å². The number of carbonyl (C=O) groups is 1. The Balaban J connectivity index is 1.74. The van der Waals surface area contributed by atoms with E-state index >= 15 is 0 Å². The van der Waals surface area contributed by atoms with Gasteiger partial charge in [0, 0.05) is 22.3 Å². The number of benzene rings is 2. The first-order valence-corrected chi connectivity index (χ1v) is 8.66. The van der Waals surface area contributed by atoms with Crippen molar-refractivity contribution < 1.29 is 9.18 Å². The molecule has 0 aliphatic rings. The van der Waals surface area contributed by atoms with E-state index in [2.05, 4.69) is 20.6 Å². The Bertz CT molecular complexity index is 886. The van der Waals surface area contributed by atoms with Crippen LogP contribution in [0.15, 0.2) is 65.8 Å². The van der Waals surface area contributed by atoms with E-state index in [1.165, 1.54) is 30.6 Å². The molecule has 1 amide bonds. The average Bonchev–Trinajstić information content (AvgIpc) is 2.64. The third-order valence-corrected chi connectivity index (χ3v) is 4.07. The zero-order valence-corrected chi connectivity index (χ0v) is 14.2. The van der Waals surface area contributed by atoms with Crippen LogP contribution in [-0.4, -0.2) is 22.1 Å². The minimum atomic E-state index is -0.394. The number of amides is 1. The molecule has 2 aromatic carbocycles. The summed E-state index contributed by atoms with van der Waals surface area (Å²) < 4.78 is 12.9. The van der Waals surface area contributed by atoms with Gasteiger partial charge in [-0.05, 0) is 48.7 Å². The average molecular weight is 354 g/mol. The minimum Gasteiger partial charge on any atom is -0.340 e. The molecule has 3 rings (SSSR count). The Morgan fingerprint density at radius 3 is 2.60 bits per heavy atom. The van der Waals surface area contributed by atoms with Crippen LogP contribution in [0.3, 0.4) is 0 Å². The van der Waals surface area contributed by atoms with E-state index in [0.717, 1.165) is 10.6 Å². The summed E-state index contributed by atoms with van der Waals surface area (Å²) in [6.45, 7) is 0. The maximum absolute atomic E-state index is 12.9. The van der Waals surface area contributed by atoms with Crippen LogP contribution in [0.2, 0.25) is 0 Å². The van der Waals surface area contributed by atoms with Crippen LogP contribution in [0.5, 0.6) is 0 Å². The molecule has 3 aromatic rings. The van der Waals surface area contributed by atoms with Crippen molar-refractivity contribution in [2.75, 3.05) is 16.9 Å². The van der Waals surface area contributed by atoms with E-state index in [0.29, 0.717) is 11.5 Å². The van der Waals surface area contributed by atoms with Gasteiger partial charge in [-0.25, -0.2) is 14.4 Å². The second-order valence-corrected chi connectivity index (χ2v) is 5.99. The molecule has 25 heavy (non-hydrogen) atoms. The summed E-state index contributed by atoms with van der Waals surface area (Å²) in [6.07, 6.45) is 3.32. The second kappa shape index (κ2) is 7.76. The quantitative estimate of drug-likeness (QED) is 0.668. The predicted molar refractivity (Wildman–Crippen MR) is 97.9 cm³/mol. The van der Waals surface area contributed by atoms with Crippen molar-refractivity contribution in [2.24, 2.45) is 0 Å². The summed E-state index contributed by atoms with van der Waals surface area (Å²) in [5.74, 6) is -0.244. The number of thioether (sulfide) groups is 1. The number of nitrogens with one attached hydrogen (secondary N) is 2. The van der Waals surface area contributed by atoms with Gasteiger partial charge in [-0.15, -0.1) is 11.8 Å². The van der Waals surface area contributed by atoms with Crippen LogP contribution < -0.4 is 10.6 Å².